The summed E-state index contributed by atoms with van der Waals surface area (Å²) in [6.45, 7) is 0. The molecule has 0 aliphatic heterocycles. The molecule has 3 aliphatic carbocycles. The van der Waals surface area contributed by atoms with Gasteiger partial charge in [-0.05, 0) is 89.5 Å². The Morgan fingerprint density at radius 3 is 2.00 bits per heavy atom. The van der Waals surface area contributed by atoms with Gasteiger partial charge in [-0.2, -0.15) is 0 Å². The third kappa shape index (κ3) is 1.90. The normalized spacial score (nSPS) is 14.3. The van der Waals surface area contributed by atoms with E-state index < -0.39 is 0 Å². The molecule has 6 aromatic rings. The lowest BCUT2D eigenvalue weighted by Gasteiger charge is -2.13. The Morgan fingerprint density at radius 2 is 1.15 bits per heavy atom. The highest BCUT2D eigenvalue weighted by Gasteiger charge is 2.33. The Morgan fingerprint density at radius 1 is 0.485 bits per heavy atom. The number of benzene rings is 5. The fourth-order valence-electron chi connectivity index (χ4n) is 6.94. The van der Waals surface area contributed by atoms with Crippen LogP contribution in [-0.2, 0) is 19.3 Å². The van der Waals surface area contributed by atoms with Crippen molar-refractivity contribution in [3.8, 4) is 22.3 Å². The maximum absolute atomic E-state index is 4.95. The molecule has 0 radical (unpaired) electrons. The average molecular weight is 418 g/mol. The van der Waals surface area contributed by atoms with Gasteiger partial charge in [0.2, 0.25) is 0 Å². The molecule has 0 unspecified atom stereocenters. The lowest BCUT2D eigenvalue weighted by Crippen LogP contribution is -1.92. The van der Waals surface area contributed by atoms with Crippen LogP contribution in [0.15, 0.2) is 79.0 Å². The number of hydrogen-bond donors (Lipinski definition) is 0. The number of hydrogen-bond acceptors (Lipinski definition) is 1. The van der Waals surface area contributed by atoms with Gasteiger partial charge in [0, 0.05) is 24.4 Å². The molecule has 0 atom stereocenters. The van der Waals surface area contributed by atoms with Crippen molar-refractivity contribution >= 4 is 32.3 Å². The SMILES string of the molecule is c1ccc(-c2ccc(-c3cc4c5c6c(ncc7c6c6c(ccc8c6c5c3C8)C7)C4)cc2)cc1. The summed E-state index contributed by atoms with van der Waals surface area (Å²) < 4.78 is 0. The van der Waals surface area contributed by atoms with Gasteiger partial charge in [-0.3, -0.25) is 4.98 Å². The highest BCUT2D eigenvalue weighted by atomic mass is 14.7. The zero-order chi connectivity index (χ0) is 21.3. The van der Waals surface area contributed by atoms with Gasteiger partial charge in [0.15, 0.2) is 0 Å². The summed E-state index contributed by atoms with van der Waals surface area (Å²) in [6, 6.07) is 27.1. The lowest BCUT2D eigenvalue weighted by molar-refractivity contribution is 1.11. The molecule has 1 heterocycles. The largest absolute Gasteiger partial charge is 0.260 e. The van der Waals surface area contributed by atoms with Crippen LogP contribution in [0.3, 0.4) is 0 Å². The average Bonchev–Trinajstić information content (AvgIpc) is 3.54. The van der Waals surface area contributed by atoms with Gasteiger partial charge in [0.05, 0.1) is 5.69 Å². The van der Waals surface area contributed by atoms with Crippen molar-refractivity contribution in [1.82, 2.24) is 4.98 Å². The summed E-state index contributed by atoms with van der Waals surface area (Å²) in [5.41, 5.74) is 13.9. The minimum atomic E-state index is 0.957. The second-order valence-corrected chi connectivity index (χ2v) is 9.90. The van der Waals surface area contributed by atoms with E-state index in [1.54, 1.807) is 0 Å². The molecule has 1 heteroatoms. The van der Waals surface area contributed by atoms with Gasteiger partial charge >= 0.3 is 0 Å². The van der Waals surface area contributed by atoms with Crippen LogP contribution in [0.4, 0.5) is 0 Å². The first-order valence-corrected chi connectivity index (χ1v) is 11.9. The fourth-order valence-corrected chi connectivity index (χ4v) is 6.94. The van der Waals surface area contributed by atoms with Gasteiger partial charge in [0.25, 0.3) is 0 Å². The molecule has 1 aromatic heterocycles. The molecule has 3 aliphatic rings. The summed E-state index contributed by atoms with van der Waals surface area (Å²) >= 11 is 0. The standard InChI is InChI=1S/C32H19N/c1-2-4-17(5-3-1)18-6-8-19(9-7-18)24-14-22-15-26-32-29(22)31-25(24)13-21-11-10-20-12-23(16-33-26)30(32)27(20)28(21)31/h1-11,14,16H,12-13,15H2. The lowest BCUT2D eigenvalue weighted by atomic mass is 9.90. The first-order valence-electron chi connectivity index (χ1n) is 11.9. The molecule has 152 valence electrons. The number of aromatic nitrogens is 1. The van der Waals surface area contributed by atoms with Crippen LogP contribution in [-0.4, -0.2) is 4.98 Å². The summed E-state index contributed by atoms with van der Waals surface area (Å²) in [4.78, 5) is 4.95. The third-order valence-electron chi connectivity index (χ3n) is 8.29. The smallest absolute Gasteiger partial charge is 0.0532 e. The highest BCUT2D eigenvalue weighted by molar-refractivity contribution is 6.33. The van der Waals surface area contributed by atoms with E-state index in [0.717, 1.165) is 19.3 Å². The van der Waals surface area contributed by atoms with Crippen molar-refractivity contribution in [2.75, 3.05) is 0 Å². The summed E-state index contributed by atoms with van der Waals surface area (Å²) in [7, 11) is 0. The highest BCUT2D eigenvalue weighted by Crippen LogP contribution is 2.54. The van der Waals surface area contributed by atoms with E-state index in [1.165, 1.54) is 88.1 Å². The van der Waals surface area contributed by atoms with E-state index in [0.29, 0.717) is 0 Å². The molecule has 0 saturated heterocycles. The Hall–Kier alpha value is -3.97. The zero-order valence-corrected chi connectivity index (χ0v) is 18.1. The van der Waals surface area contributed by atoms with E-state index >= 15 is 0 Å². The first kappa shape index (κ1) is 16.6. The molecule has 0 saturated carbocycles. The van der Waals surface area contributed by atoms with Crippen molar-refractivity contribution < 1.29 is 0 Å². The Kier molecular flexibility index (Phi) is 2.77. The number of pyridine rings is 1. The molecule has 0 bridgehead atoms. The minimum absolute atomic E-state index is 0.957. The number of nitrogens with zero attached hydrogens (tertiary/aromatic N) is 1. The van der Waals surface area contributed by atoms with E-state index in [4.69, 9.17) is 4.98 Å². The van der Waals surface area contributed by atoms with Gasteiger partial charge in [0.1, 0.15) is 0 Å². The Bertz CT molecular complexity index is 1820. The summed E-state index contributed by atoms with van der Waals surface area (Å²) in [5.74, 6) is 0. The van der Waals surface area contributed by atoms with Crippen LogP contribution < -0.4 is 0 Å². The fraction of sp³-hybridized carbons (Fsp3) is 0.0938. The van der Waals surface area contributed by atoms with Crippen molar-refractivity contribution in [2.45, 2.75) is 19.3 Å². The van der Waals surface area contributed by atoms with Crippen LogP contribution in [0.5, 0.6) is 0 Å². The van der Waals surface area contributed by atoms with E-state index in [9.17, 15) is 0 Å². The molecule has 5 aromatic carbocycles. The first-order chi connectivity index (χ1) is 16.3. The third-order valence-corrected chi connectivity index (χ3v) is 8.29. The van der Waals surface area contributed by atoms with Crippen LogP contribution in [0.1, 0.15) is 33.5 Å². The van der Waals surface area contributed by atoms with Crippen LogP contribution in [0, 0.1) is 0 Å². The van der Waals surface area contributed by atoms with Gasteiger partial charge in [-0.25, -0.2) is 0 Å². The van der Waals surface area contributed by atoms with E-state index in [-0.39, 0.29) is 0 Å². The predicted octanol–water partition coefficient (Wildman–Crippen LogP) is 7.59. The van der Waals surface area contributed by atoms with E-state index in [2.05, 4.69) is 79.0 Å². The number of rotatable bonds is 2. The maximum Gasteiger partial charge on any atom is 0.0532 e. The molecule has 9 rings (SSSR count). The van der Waals surface area contributed by atoms with Crippen LogP contribution >= 0.6 is 0 Å². The molecular weight excluding hydrogens is 398 g/mol. The topological polar surface area (TPSA) is 12.9 Å². The minimum Gasteiger partial charge on any atom is -0.260 e. The molecule has 1 nitrogen and oxygen atoms in total. The maximum atomic E-state index is 4.95. The van der Waals surface area contributed by atoms with Crippen LogP contribution in [0.2, 0.25) is 0 Å². The van der Waals surface area contributed by atoms with Crippen LogP contribution in [0.25, 0.3) is 54.6 Å². The molecule has 0 fully saturated rings. The molecule has 33 heavy (non-hydrogen) atoms. The molecule has 0 spiro atoms. The van der Waals surface area contributed by atoms with Gasteiger partial charge < -0.3 is 0 Å². The second kappa shape index (κ2) is 5.50. The van der Waals surface area contributed by atoms with Crippen molar-refractivity contribution in [2.24, 2.45) is 0 Å². The van der Waals surface area contributed by atoms with Gasteiger partial charge in [-0.1, -0.05) is 66.7 Å². The second-order valence-electron chi connectivity index (χ2n) is 9.90. The monoisotopic (exact) mass is 417 g/mol. The van der Waals surface area contributed by atoms with Crippen molar-refractivity contribution in [3.63, 3.8) is 0 Å². The Labute approximate surface area is 191 Å². The summed E-state index contributed by atoms with van der Waals surface area (Å²) in [6.07, 6.45) is 5.17. The van der Waals surface area contributed by atoms with E-state index in [1.807, 2.05) is 0 Å². The summed E-state index contributed by atoms with van der Waals surface area (Å²) in [5, 5.41) is 9.04. The van der Waals surface area contributed by atoms with Gasteiger partial charge in [-0.15, -0.1) is 0 Å². The molecule has 0 N–H and O–H groups in total. The van der Waals surface area contributed by atoms with Crippen molar-refractivity contribution in [1.29, 1.82) is 0 Å². The Balaban J connectivity index is 1.36. The zero-order valence-electron chi connectivity index (χ0n) is 18.1. The molecule has 0 amide bonds. The van der Waals surface area contributed by atoms with Crippen molar-refractivity contribution in [3.05, 3.63) is 113 Å². The quantitative estimate of drug-likeness (QED) is 0.264. The molecular formula is C32H19N. The predicted molar refractivity (Wildman–Crippen MR) is 136 cm³/mol.